The molecule has 1 unspecified atom stereocenters. The number of rotatable bonds is 3. The first-order valence-corrected chi connectivity index (χ1v) is 7.16. The molecular weight excluding hydrogens is 244 g/mol. The van der Waals surface area contributed by atoms with Crippen LogP contribution in [-0.4, -0.2) is 36.6 Å². The SMILES string of the molecule is CN1CCC(CNc2ccc3scnc3c2N)C1. The number of nitrogens with zero attached hydrogens (tertiary/aromatic N) is 2. The lowest BCUT2D eigenvalue weighted by atomic mass is 10.1. The highest BCUT2D eigenvalue weighted by Gasteiger charge is 2.19. The second-order valence-electron chi connectivity index (χ2n) is 5.02. The summed E-state index contributed by atoms with van der Waals surface area (Å²) < 4.78 is 1.15. The van der Waals surface area contributed by atoms with Crippen molar-refractivity contribution in [1.82, 2.24) is 9.88 Å². The fraction of sp³-hybridized carbons (Fsp3) is 0.462. The van der Waals surface area contributed by atoms with Crippen LogP contribution >= 0.6 is 11.3 Å². The van der Waals surface area contributed by atoms with Gasteiger partial charge in [0.25, 0.3) is 0 Å². The second-order valence-corrected chi connectivity index (χ2v) is 5.91. The number of thiazole rings is 1. The first-order chi connectivity index (χ1) is 8.74. The van der Waals surface area contributed by atoms with Gasteiger partial charge < -0.3 is 16.0 Å². The van der Waals surface area contributed by atoms with Crippen molar-refractivity contribution in [3.05, 3.63) is 17.6 Å². The van der Waals surface area contributed by atoms with Gasteiger partial charge in [0.15, 0.2) is 0 Å². The maximum Gasteiger partial charge on any atom is 0.106 e. The van der Waals surface area contributed by atoms with E-state index >= 15 is 0 Å². The minimum Gasteiger partial charge on any atom is -0.395 e. The zero-order chi connectivity index (χ0) is 12.5. The monoisotopic (exact) mass is 262 g/mol. The van der Waals surface area contributed by atoms with Crippen molar-refractivity contribution in [3.63, 3.8) is 0 Å². The highest BCUT2D eigenvalue weighted by molar-refractivity contribution is 7.16. The van der Waals surface area contributed by atoms with Crippen LogP contribution in [-0.2, 0) is 0 Å². The Kier molecular flexibility index (Phi) is 3.09. The topological polar surface area (TPSA) is 54.2 Å². The number of likely N-dealkylation sites (tertiary alicyclic amines) is 1. The van der Waals surface area contributed by atoms with Gasteiger partial charge in [0.1, 0.15) is 5.52 Å². The molecule has 18 heavy (non-hydrogen) atoms. The molecule has 1 atom stereocenters. The smallest absolute Gasteiger partial charge is 0.106 e. The summed E-state index contributed by atoms with van der Waals surface area (Å²) in [7, 11) is 2.18. The third kappa shape index (κ3) is 2.15. The lowest BCUT2D eigenvalue weighted by Gasteiger charge is -2.14. The summed E-state index contributed by atoms with van der Waals surface area (Å²) in [5.74, 6) is 0.723. The van der Waals surface area contributed by atoms with Gasteiger partial charge in [-0.05, 0) is 38.1 Å². The maximum atomic E-state index is 6.15. The Morgan fingerprint density at radius 2 is 2.44 bits per heavy atom. The summed E-state index contributed by atoms with van der Waals surface area (Å²) in [5, 5.41) is 3.47. The van der Waals surface area contributed by atoms with Crippen molar-refractivity contribution in [1.29, 1.82) is 0 Å². The van der Waals surface area contributed by atoms with E-state index in [1.165, 1.54) is 19.5 Å². The molecule has 2 aromatic rings. The Labute approximate surface area is 111 Å². The van der Waals surface area contributed by atoms with E-state index in [0.29, 0.717) is 0 Å². The maximum absolute atomic E-state index is 6.15. The highest BCUT2D eigenvalue weighted by atomic mass is 32.1. The van der Waals surface area contributed by atoms with Crippen LogP contribution in [0.15, 0.2) is 17.6 Å². The van der Waals surface area contributed by atoms with E-state index in [9.17, 15) is 0 Å². The van der Waals surface area contributed by atoms with Crippen molar-refractivity contribution < 1.29 is 0 Å². The van der Waals surface area contributed by atoms with Crippen molar-refractivity contribution in [3.8, 4) is 0 Å². The molecule has 0 saturated carbocycles. The molecule has 1 fully saturated rings. The quantitative estimate of drug-likeness (QED) is 0.833. The van der Waals surface area contributed by atoms with Crippen LogP contribution in [0.5, 0.6) is 0 Å². The third-order valence-corrected chi connectivity index (χ3v) is 4.41. The van der Waals surface area contributed by atoms with Gasteiger partial charge in [-0.1, -0.05) is 0 Å². The summed E-state index contributed by atoms with van der Waals surface area (Å²) in [6.45, 7) is 3.36. The van der Waals surface area contributed by atoms with Crippen molar-refractivity contribution >= 4 is 32.9 Å². The normalized spacial score (nSPS) is 20.6. The number of benzene rings is 1. The molecule has 0 spiro atoms. The molecule has 96 valence electrons. The fourth-order valence-corrected chi connectivity index (χ4v) is 3.25. The molecule has 1 aliphatic rings. The first-order valence-electron chi connectivity index (χ1n) is 6.28. The molecule has 5 heteroatoms. The molecule has 3 N–H and O–H groups in total. The summed E-state index contributed by atoms with van der Waals surface area (Å²) >= 11 is 1.63. The molecule has 0 bridgehead atoms. The standard InChI is InChI=1S/C13H18N4S/c1-17-5-4-9(7-17)6-15-10-2-3-11-13(12(10)14)16-8-18-11/h2-3,8-9,15H,4-7,14H2,1H3. The largest absolute Gasteiger partial charge is 0.395 e. The van der Waals surface area contributed by atoms with E-state index in [-0.39, 0.29) is 0 Å². The van der Waals surface area contributed by atoms with E-state index in [4.69, 9.17) is 5.73 Å². The number of hydrogen-bond donors (Lipinski definition) is 2. The van der Waals surface area contributed by atoms with Gasteiger partial charge in [-0.25, -0.2) is 4.98 Å². The van der Waals surface area contributed by atoms with Crippen LogP contribution in [0.4, 0.5) is 11.4 Å². The van der Waals surface area contributed by atoms with Gasteiger partial charge in [-0.2, -0.15) is 0 Å². The van der Waals surface area contributed by atoms with Crippen LogP contribution in [0.2, 0.25) is 0 Å². The molecule has 1 saturated heterocycles. The third-order valence-electron chi connectivity index (χ3n) is 3.61. The number of aromatic nitrogens is 1. The highest BCUT2D eigenvalue weighted by Crippen LogP contribution is 2.30. The lowest BCUT2D eigenvalue weighted by molar-refractivity contribution is 0.399. The zero-order valence-electron chi connectivity index (χ0n) is 10.5. The molecule has 3 rings (SSSR count). The van der Waals surface area contributed by atoms with Gasteiger partial charge >= 0.3 is 0 Å². The Balaban J connectivity index is 1.72. The Hall–Kier alpha value is -1.33. The first kappa shape index (κ1) is 11.7. The number of hydrogen-bond acceptors (Lipinski definition) is 5. The fourth-order valence-electron chi connectivity index (χ4n) is 2.55. The van der Waals surface area contributed by atoms with Crippen molar-refractivity contribution in [2.24, 2.45) is 5.92 Å². The zero-order valence-corrected chi connectivity index (χ0v) is 11.3. The van der Waals surface area contributed by atoms with Gasteiger partial charge in [0.05, 0.1) is 21.6 Å². The van der Waals surface area contributed by atoms with Crippen LogP contribution in [0.3, 0.4) is 0 Å². The number of nitrogen functional groups attached to an aromatic ring is 1. The van der Waals surface area contributed by atoms with Gasteiger partial charge in [0.2, 0.25) is 0 Å². The van der Waals surface area contributed by atoms with Crippen LogP contribution in [0.25, 0.3) is 10.2 Å². The van der Waals surface area contributed by atoms with Crippen LogP contribution < -0.4 is 11.1 Å². The van der Waals surface area contributed by atoms with E-state index in [1.807, 2.05) is 5.51 Å². The molecule has 0 aliphatic carbocycles. The summed E-state index contributed by atoms with van der Waals surface area (Å²) in [4.78, 5) is 6.69. The predicted molar refractivity (Wildman–Crippen MR) is 78.1 cm³/mol. The molecule has 1 aliphatic heterocycles. The average molecular weight is 262 g/mol. The Morgan fingerprint density at radius 3 is 3.22 bits per heavy atom. The predicted octanol–water partition coefficient (Wildman–Crippen LogP) is 2.24. The molecule has 0 amide bonds. The molecule has 2 heterocycles. The van der Waals surface area contributed by atoms with Gasteiger partial charge in [-0.15, -0.1) is 11.3 Å². The number of fused-ring (bicyclic) bond motifs is 1. The minimum atomic E-state index is 0.723. The Morgan fingerprint density at radius 1 is 1.56 bits per heavy atom. The average Bonchev–Trinajstić information content (AvgIpc) is 2.97. The number of nitrogens with two attached hydrogens (primary N) is 1. The lowest BCUT2D eigenvalue weighted by Crippen LogP contribution is -2.19. The van der Waals surface area contributed by atoms with Crippen LogP contribution in [0.1, 0.15) is 6.42 Å². The summed E-state index contributed by atoms with van der Waals surface area (Å²) in [5.41, 5.74) is 10.7. The van der Waals surface area contributed by atoms with E-state index in [1.54, 1.807) is 11.3 Å². The Bertz CT molecular complexity index is 551. The van der Waals surface area contributed by atoms with E-state index < -0.39 is 0 Å². The molecule has 0 radical (unpaired) electrons. The van der Waals surface area contributed by atoms with E-state index in [0.717, 1.165) is 34.1 Å². The van der Waals surface area contributed by atoms with Crippen molar-refractivity contribution in [2.45, 2.75) is 6.42 Å². The van der Waals surface area contributed by atoms with E-state index in [2.05, 4.69) is 34.4 Å². The molecule has 1 aromatic heterocycles. The number of anilines is 2. The van der Waals surface area contributed by atoms with Crippen LogP contribution in [0, 0.1) is 5.92 Å². The molecular formula is C13H18N4S. The minimum absolute atomic E-state index is 0.723. The van der Waals surface area contributed by atoms with Gasteiger partial charge in [-0.3, -0.25) is 0 Å². The second kappa shape index (κ2) is 4.74. The van der Waals surface area contributed by atoms with Gasteiger partial charge in [0, 0.05) is 13.1 Å². The van der Waals surface area contributed by atoms with Crippen molar-refractivity contribution in [2.75, 3.05) is 37.7 Å². The summed E-state index contributed by atoms with van der Waals surface area (Å²) in [6.07, 6.45) is 1.27. The molecule has 4 nitrogen and oxygen atoms in total. The number of nitrogens with one attached hydrogen (secondary N) is 1. The molecule has 1 aromatic carbocycles. The summed E-state index contributed by atoms with van der Waals surface area (Å²) in [6, 6.07) is 4.15.